The largest absolute Gasteiger partial charge is 0.333 e. The molecule has 1 aromatic rings. The third-order valence-electron chi connectivity index (χ3n) is 4.47. The highest BCUT2D eigenvalue weighted by molar-refractivity contribution is 6.31. The third kappa shape index (κ3) is 4.12. The molecule has 1 aromatic carbocycles. The molecule has 0 radical (unpaired) electrons. The van der Waals surface area contributed by atoms with E-state index >= 15 is 0 Å². The molecule has 25 heavy (non-hydrogen) atoms. The van der Waals surface area contributed by atoms with Crippen LogP contribution in [-0.2, 0) is 14.4 Å². The number of rotatable bonds is 6. The highest BCUT2D eigenvalue weighted by Gasteiger charge is 2.36. The number of benzene rings is 1. The van der Waals surface area contributed by atoms with E-state index in [0.29, 0.717) is 17.3 Å². The van der Waals surface area contributed by atoms with Crippen LogP contribution in [0.1, 0.15) is 26.2 Å². The average molecular weight is 364 g/mol. The number of halogens is 1. The zero-order chi connectivity index (χ0) is 18.0. The van der Waals surface area contributed by atoms with Gasteiger partial charge in [-0.3, -0.25) is 19.3 Å². The molecule has 6 nitrogen and oxygen atoms in total. The summed E-state index contributed by atoms with van der Waals surface area (Å²) in [6.07, 6.45) is 2.63. The number of carbonyl (C=O) groups excluding carboxylic acids is 3. The Kier molecular flexibility index (Phi) is 5.27. The van der Waals surface area contributed by atoms with Gasteiger partial charge in [-0.1, -0.05) is 24.6 Å². The van der Waals surface area contributed by atoms with Crippen LogP contribution in [0, 0.1) is 5.92 Å². The van der Waals surface area contributed by atoms with E-state index in [2.05, 4.69) is 0 Å². The fraction of sp³-hybridized carbons (Fsp3) is 0.500. The van der Waals surface area contributed by atoms with Crippen molar-refractivity contribution in [3.63, 3.8) is 0 Å². The quantitative estimate of drug-likeness (QED) is 0.777. The lowest BCUT2D eigenvalue weighted by Gasteiger charge is -2.24. The van der Waals surface area contributed by atoms with Crippen molar-refractivity contribution in [1.29, 1.82) is 0 Å². The van der Waals surface area contributed by atoms with E-state index in [1.165, 1.54) is 9.80 Å². The fourth-order valence-corrected chi connectivity index (χ4v) is 3.16. The Hall–Kier alpha value is -2.08. The molecule has 1 aliphatic carbocycles. The Morgan fingerprint density at radius 1 is 1.32 bits per heavy atom. The second-order valence-corrected chi connectivity index (χ2v) is 7.01. The van der Waals surface area contributed by atoms with Gasteiger partial charge in [-0.15, -0.1) is 0 Å². The van der Waals surface area contributed by atoms with Gasteiger partial charge >= 0.3 is 0 Å². The fourth-order valence-electron chi connectivity index (χ4n) is 2.97. The Balaban J connectivity index is 1.64. The molecule has 2 fully saturated rings. The Bertz CT molecular complexity index is 690. The minimum Gasteiger partial charge on any atom is -0.333 e. The minimum atomic E-state index is -0.194. The van der Waals surface area contributed by atoms with E-state index in [1.54, 1.807) is 29.2 Å². The van der Waals surface area contributed by atoms with Gasteiger partial charge in [0.25, 0.3) is 0 Å². The summed E-state index contributed by atoms with van der Waals surface area (Å²) in [4.78, 5) is 41.8. The van der Waals surface area contributed by atoms with Gasteiger partial charge in [0.05, 0.1) is 6.54 Å². The van der Waals surface area contributed by atoms with Gasteiger partial charge in [0.15, 0.2) is 0 Å². The van der Waals surface area contributed by atoms with Crippen molar-refractivity contribution in [3.05, 3.63) is 29.3 Å². The average Bonchev–Trinajstić information content (AvgIpc) is 3.35. The van der Waals surface area contributed by atoms with Crippen molar-refractivity contribution in [3.8, 4) is 0 Å². The van der Waals surface area contributed by atoms with Crippen LogP contribution in [0.5, 0.6) is 0 Å². The summed E-state index contributed by atoms with van der Waals surface area (Å²) < 4.78 is 0. The first-order chi connectivity index (χ1) is 12.0. The van der Waals surface area contributed by atoms with Crippen LogP contribution in [-0.4, -0.2) is 53.8 Å². The molecule has 0 spiro atoms. The van der Waals surface area contributed by atoms with Crippen molar-refractivity contribution in [1.82, 2.24) is 9.80 Å². The predicted octanol–water partition coefficient (Wildman–Crippen LogP) is 2.12. The van der Waals surface area contributed by atoms with Gasteiger partial charge in [-0.2, -0.15) is 0 Å². The van der Waals surface area contributed by atoms with Gasteiger partial charge in [-0.25, -0.2) is 0 Å². The smallest absolute Gasteiger partial charge is 0.248 e. The summed E-state index contributed by atoms with van der Waals surface area (Å²) in [7, 11) is 0. The van der Waals surface area contributed by atoms with E-state index in [4.69, 9.17) is 11.6 Å². The van der Waals surface area contributed by atoms with Gasteiger partial charge < -0.3 is 9.80 Å². The van der Waals surface area contributed by atoms with Crippen LogP contribution in [0.2, 0.25) is 5.02 Å². The molecule has 1 saturated heterocycles. The van der Waals surface area contributed by atoms with Crippen molar-refractivity contribution < 1.29 is 14.4 Å². The minimum absolute atomic E-state index is 0.0307. The maximum Gasteiger partial charge on any atom is 0.248 e. The van der Waals surface area contributed by atoms with Crippen molar-refractivity contribution in [2.24, 2.45) is 5.92 Å². The van der Waals surface area contributed by atoms with Crippen molar-refractivity contribution in [2.45, 2.75) is 26.2 Å². The van der Waals surface area contributed by atoms with Crippen LogP contribution in [0.4, 0.5) is 5.69 Å². The van der Waals surface area contributed by atoms with Crippen molar-refractivity contribution >= 4 is 35.0 Å². The molecular formula is C18H22ClN3O3. The zero-order valence-corrected chi connectivity index (χ0v) is 15.0. The van der Waals surface area contributed by atoms with Gasteiger partial charge in [-0.05, 0) is 37.5 Å². The molecule has 0 bridgehead atoms. The first-order valence-corrected chi connectivity index (χ1v) is 9.00. The molecule has 1 heterocycles. The summed E-state index contributed by atoms with van der Waals surface area (Å²) in [5, 5.41) is 0.541. The Morgan fingerprint density at radius 2 is 2.08 bits per heavy atom. The highest BCUT2D eigenvalue weighted by atomic mass is 35.5. The number of anilines is 1. The van der Waals surface area contributed by atoms with E-state index in [0.717, 1.165) is 19.3 Å². The van der Waals surface area contributed by atoms with Crippen LogP contribution < -0.4 is 4.90 Å². The molecule has 3 rings (SSSR count). The van der Waals surface area contributed by atoms with E-state index in [1.807, 2.05) is 6.92 Å². The first kappa shape index (κ1) is 17.7. The highest BCUT2D eigenvalue weighted by Crippen LogP contribution is 2.31. The number of hydrogen-bond acceptors (Lipinski definition) is 3. The van der Waals surface area contributed by atoms with E-state index < -0.39 is 0 Å². The monoisotopic (exact) mass is 363 g/mol. The van der Waals surface area contributed by atoms with Gasteiger partial charge in [0, 0.05) is 23.2 Å². The summed E-state index contributed by atoms with van der Waals surface area (Å²) >= 11 is 5.98. The summed E-state index contributed by atoms with van der Waals surface area (Å²) in [5.41, 5.74) is 0.673. The molecule has 1 saturated carbocycles. The van der Waals surface area contributed by atoms with Crippen LogP contribution in [0.25, 0.3) is 0 Å². The summed E-state index contributed by atoms with van der Waals surface area (Å²) in [5.74, 6) is -0.193. The second-order valence-electron chi connectivity index (χ2n) is 6.57. The van der Waals surface area contributed by atoms with E-state index in [9.17, 15) is 14.4 Å². The number of amides is 3. The summed E-state index contributed by atoms with van der Waals surface area (Å²) in [6, 6.07) is 7.00. The summed E-state index contributed by atoms with van der Waals surface area (Å²) in [6.45, 7) is 2.82. The standard InChI is InChI=1S/C18H22ClN3O3/c1-2-8-20(18(25)13-6-7-13)10-16(23)21-11-17(24)22(12-21)15-5-3-4-14(19)9-15/h3-5,9,13H,2,6-8,10-12H2,1H3. The Labute approximate surface area is 152 Å². The van der Waals surface area contributed by atoms with Gasteiger partial charge in [0.1, 0.15) is 13.2 Å². The number of nitrogens with zero attached hydrogens (tertiary/aromatic N) is 3. The van der Waals surface area contributed by atoms with Crippen molar-refractivity contribution in [2.75, 3.05) is 31.2 Å². The first-order valence-electron chi connectivity index (χ1n) is 8.62. The van der Waals surface area contributed by atoms with E-state index in [-0.39, 0.29) is 43.4 Å². The molecule has 0 atom stereocenters. The van der Waals surface area contributed by atoms with Crippen LogP contribution >= 0.6 is 11.6 Å². The SMILES string of the molecule is CCCN(CC(=O)N1CC(=O)N(c2cccc(Cl)c2)C1)C(=O)C1CC1. The lowest BCUT2D eigenvalue weighted by Crippen LogP contribution is -2.43. The van der Waals surface area contributed by atoms with Gasteiger partial charge in [0.2, 0.25) is 17.7 Å². The molecule has 0 N–H and O–H groups in total. The lowest BCUT2D eigenvalue weighted by atomic mass is 10.3. The molecule has 3 amide bonds. The Morgan fingerprint density at radius 3 is 2.72 bits per heavy atom. The number of hydrogen-bond donors (Lipinski definition) is 0. The molecule has 2 aliphatic rings. The molecular weight excluding hydrogens is 342 g/mol. The normalized spacial score (nSPS) is 17.1. The zero-order valence-electron chi connectivity index (χ0n) is 14.3. The maximum atomic E-state index is 12.6. The van der Waals surface area contributed by atoms with Crippen LogP contribution in [0.15, 0.2) is 24.3 Å². The lowest BCUT2D eigenvalue weighted by molar-refractivity contribution is -0.141. The molecule has 1 aliphatic heterocycles. The third-order valence-corrected chi connectivity index (χ3v) is 4.70. The maximum absolute atomic E-state index is 12.6. The topological polar surface area (TPSA) is 60.9 Å². The number of carbonyl (C=O) groups is 3. The van der Waals surface area contributed by atoms with Crippen LogP contribution in [0.3, 0.4) is 0 Å². The molecule has 134 valence electrons. The predicted molar refractivity (Wildman–Crippen MR) is 95.1 cm³/mol. The molecule has 0 aromatic heterocycles. The molecule has 7 heteroatoms. The molecule has 0 unspecified atom stereocenters. The second kappa shape index (κ2) is 7.44.